The fraction of sp³-hybridized carbons (Fsp3) is 0.316. The number of nitriles is 1. The third kappa shape index (κ3) is 3.13. The number of fused-ring (bicyclic) bond motifs is 1. The molecule has 0 amide bonds. The van der Waals surface area contributed by atoms with Gasteiger partial charge in [-0.3, -0.25) is 0 Å². The van der Waals surface area contributed by atoms with E-state index in [2.05, 4.69) is 53.5 Å². The predicted octanol–water partition coefficient (Wildman–Crippen LogP) is 3.10. The van der Waals surface area contributed by atoms with E-state index in [1.54, 1.807) is 0 Å². The third-order valence-electron chi connectivity index (χ3n) is 4.28. The number of rotatable bonds is 5. The molecule has 1 aliphatic rings. The molecule has 3 nitrogen and oxygen atoms in total. The Morgan fingerprint density at radius 2 is 2.09 bits per heavy atom. The Kier molecular flexibility index (Phi) is 4.41. The van der Waals surface area contributed by atoms with E-state index in [9.17, 15) is 0 Å². The Hall–Kier alpha value is -2.31. The Morgan fingerprint density at radius 3 is 2.95 bits per heavy atom. The second kappa shape index (κ2) is 6.64. The molecule has 3 rings (SSSR count). The number of benzene rings is 2. The molecule has 22 heavy (non-hydrogen) atoms. The second-order valence-corrected chi connectivity index (χ2v) is 5.86. The molecule has 2 aromatic carbocycles. The average molecular weight is 291 g/mol. The molecule has 0 saturated carbocycles. The molecule has 112 valence electrons. The first-order chi connectivity index (χ1) is 10.8. The van der Waals surface area contributed by atoms with Crippen molar-refractivity contribution in [1.82, 2.24) is 5.32 Å². The Balaban J connectivity index is 1.55. The molecular formula is C19H21N3. The Labute approximate surface area is 132 Å². The van der Waals surface area contributed by atoms with Crippen LogP contribution < -0.4 is 10.2 Å². The highest BCUT2D eigenvalue weighted by atomic mass is 15.2. The van der Waals surface area contributed by atoms with E-state index in [1.807, 2.05) is 18.2 Å². The maximum Gasteiger partial charge on any atom is 0.0991 e. The molecule has 0 spiro atoms. The van der Waals surface area contributed by atoms with Crippen LogP contribution in [0, 0.1) is 11.3 Å². The molecule has 1 N–H and O–H groups in total. The largest absolute Gasteiger partial charge is 0.367 e. The van der Waals surface area contributed by atoms with Crippen LogP contribution in [0.1, 0.15) is 23.6 Å². The molecule has 1 atom stereocenters. The Bertz CT molecular complexity index is 687. The molecule has 0 saturated heterocycles. The fourth-order valence-corrected chi connectivity index (χ4v) is 3.11. The average Bonchev–Trinajstić information content (AvgIpc) is 2.99. The van der Waals surface area contributed by atoms with Crippen LogP contribution in [0.2, 0.25) is 0 Å². The van der Waals surface area contributed by atoms with E-state index in [4.69, 9.17) is 5.26 Å². The molecule has 1 unspecified atom stereocenters. The molecular weight excluding hydrogens is 270 g/mol. The van der Waals surface area contributed by atoms with Crippen molar-refractivity contribution in [3.05, 3.63) is 65.2 Å². The van der Waals surface area contributed by atoms with E-state index >= 15 is 0 Å². The second-order valence-electron chi connectivity index (χ2n) is 5.86. The van der Waals surface area contributed by atoms with E-state index in [-0.39, 0.29) is 0 Å². The van der Waals surface area contributed by atoms with Gasteiger partial charge >= 0.3 is 0 Å². The lowest BCUT2D eigenvalue weighted by Crippen LogP contribution is -2.39. The van der Waals surface area contributed by atoms with Crippen LogP contribution in [0.5, 0.6) is 0 Å². The summed E-state index contributed by atoms with van der Waals surface area (Å²) in [4.78, 5) is 2.48. The maximum absolute atomic E-state index is 8.94. The van der Waals surface area contributed by atoms with Crippen molar-refractivity contribution in [2.75, 3.05) is 18.0 Å². The van der Waals surface area contributed by atoms with Gasteiger partial charge in [-0.05, 0) is 42.7 Å². The summed E-state index contributed by atoms with van der Waals surface area (Å²) in [6.07, 6.45) is 1.14. The van der Waals surface area contributed by atoms with Crippen LogP contribution in [0.4, 0.5) is 5.69 Å². The van der Waals surface area contributed by atoms with E-state index in [0.29, 0.717) is 6.04 Å². The summed E-state index contributed by atoms with van der Waals surface area (Å²) in [6, 6.07) is 19.1. The highest BCUT2D eigenvalue weighted by molar-refractivity contribution is 5.58. The van der Waals surface area contributed by atoms with Gasteiger partial charge in [0.15, 0.2) is 0 Å². The minimum absolute atomic E-state index is 0.461. The summed E-state index contributed by atoms with van der Waals surface area (Å²) in [6.45, 7) is 5.10. The topological polar surface area (TPSA) is 39.1 Å². The van der Waals surface area contributed by atoms with Crippen LogP contribution in [0.15, 0.2) is 48.5 Å². The van der Waals surface area contributed by atoms with Crippen molar-refractivity contribution in [3.63, 3.8) is 0 Å². The third-order valence-corrected chi connectivity index (χ3v) is 4.28. The summed E-state index contributed by atoms with van der Waals surface area (Å²) in [5.41, 5.74) is 4.72. The number of hydrogen-bond acceptors (Lipinski definition) is 3. The summed E-state index contributed by atoms with van der Waals surface area (Å²) in [5, 5.41) is 12.4. The van der Waals surface area contributed by atoms with Crippen LogP contribution in [0.3, 0.4) is 0 Å². The molecule has 0 fully saturated rings. The van der Waals surface area contributed by atoms with Crippen LogP contribution in [-0.2, 0) is 13.0 Å². The molecule has 1 aliphatic heterocycles. The number of para-hydroxylation sites is 1. The summed E-state index contributed by atoms with van der Waals surface area (Å²) < 4.78 is 0. The van der Waals surface area contributed by atoms with Gasteiger partial charge in [0.05, 0.1) is 11.6 Å². The van der Waals surface area contributed by atoms with Gasteiger partial charge in [0, 0.05) is 31.4 Å². The van der Waals surface area contributed by atoms with Crippen molar-refractivity contribution in [2.24, 2.45) is 0 Å². The van der Waals surface area contributed by atoms with E-state index in [0.717, 1.165) is 37.2 Å². The monoisotopic (exact) mass is 291 g/mol. The summed E-state index contributed by atoms with van der Waals surface area (Å²) in [7, 11) is 0. The standard InChI is InChI=1S/C19H21N3/c1-15(22-10-9-18-7-2-3-8-19(18)22)13-21-14-17-6-4-5-16(11-17)12-20/h2-8,11,15,21H,9-10,13-14H2,1H3. The summed E-state index contributed by atoms with van der Waals surface area (Å²) >= 11 is 0. The smallest absolute Gasteiger partial charge is 0.0991 e. The highest BCUT2D eigenvalue weighted by Gasteiger charge is 2.22. The molecule has 0 bridgehead atoms. The molecule has 0 radical (unpaired) electrons. The first-order valence-corrected chi connectivity index (χ1v) is 7.82. The van der Waals surface area contributed by atoms with Gasteiger partial charge in [0.25, 0.3) is 0 Å². The zero-order valence-corrected chi connectivity index (χ0v) is 12.9. The zero-order valence-electron chi connectivity index (χ0n) is 12.9. The predicted molar refractivity (Wildman–Crippen MR) is 89.8 cm³/mol. The van der Waals surface area contributed by atoms with Crippen molar-refractivity contribution >= 4 is 5.69 Å². The van der Waals surface area contributed by atoms with Gasteiger partial charge in [-0.1, -0.05) is 30.3 Å². The van der Waals surface area contributed by atoms with Crippen molar-refractivity contribution in [2.45, 2.75) is 25.9 Å². The van der Waals surface area contributed by atoms with Gasteiger partial charge in [-0.15, -0.1) is 0 Å². The number of nitrogens with one attached hydrogen (secondary N) is 1. The number of hydrogen-bond donors (Lipinski definition) is 1. The maximum atomic E-state index is 8.94. The van der Waals surface area contributed by atoms with Gasteiger partial charge in [-0.2, -0.15) is 5.26 Å². The van der Waals surface area contributed by atoms with Gasteiger partial charge in [0.1, 0.15) is 0 Å². The minimum atomic E-state index is 0.461. The Morgan fingerprint density at radius 1 is 1.23 bits per heavy atom. The fourth-order valence-electron chi connectivity index (χ4n) is 3.11. The lowest BCUT2D eigenvalue weighted by molar-refractivity contribution is 0.571. The quantitative estimate of drug-likeness (QED) is 0.920. The van der Waals surface area contributed by atoms with E-state index in [1.165, 1.54) is 11.3 Å². The van der Waals surface area contributed by atoms with Crippen LogP contribution in [0.25, 0.3) is 0 Å². The van der Waals surface area contributed by atoms with Crippen LogP contribution >= 0.6 is 0 Å². The molecule has 1 heterocycles. The number of anilines is 1. The van der Waals surface area contributed by atoms with Gasteiger partial charge in [0.2, 0.25) is 0 Å². The summed E-state index contributed by atoms with van der Waals surface area (Å²) in [5.74, 6) is 0. The first-order valence-electron chi connectivity index (χ1n) is 7.82. The molecule has 0 aromatic heterocycles. The van der Waals surface area contributed by atoms with Crippen LogP contribution in [-0.4, -0.2) is 19.1 Å². The number of nitrogens with zero attached hydrogens (tertiary/aromatic N) is 2. The van der Waals surface area contributed by atoms with Crippen molar-refractivity contribution in [1.29, 1.82) is 5.26 Å². The molecule has 0 aliphatic carbocycles. The van der Waals surface area contributed by atoms with Gasteiger partial charge < -0.3 is 10.2 Å². The van der Waals surface area contributed by atoms with Gasteiger partial charge in [-0.25, -0.2) is 0 Å². The zero-order chi connectivity index (χ0) is 15.4. The normalized spacial score (nSPS) is 14.5. The molecule has 2 aromatic rings. The first kappa shape index (κ1) is 14.6. The lowest BCUT2D eigenvalue weighted by atomic mass is 10.1. The highest BCUT2D eigenvalue weighted by Crippen LogP contribution is 2.28. The minimum Gasteiger partial charge on any atom is -0.367 e. The van der Waals surface area contributed by atoms with Crippen molar-refractivity contribution < 1.29 is 0 Å². The van der Waals surface area contributed by atoms with Crippen molar-refractivity contribution in [3.8, 4) is 6.07 Å². The molecule has 3 heteroatoms. The van der Waals surface area contributed by atoms with E-state index < -0.39 is 0 Å². The lowest BCUT2D eigenvalue weighted by Gasteiger charge is -2.27. The SMILES string of the molecule is CC(CNCc1cccc(C#N)c1)N1CCc2ccccc21.